The third-order valence-electron chi connectivity index (χ3n) is 3.55. The van der Waals surface area contributed by atoms with Gasteiger partial charge in [-0.3, -0.25) is 19.8 Å². The van der Waals surface area contributed by atoms with Crippen molar-refractivity contribution in [3.8, 4) is 0 Å². The molecule has 2 aromatic carbocycles. The molecule has 0 radical (unpaired) electrons. The summed E-state index contributed by atoms with van der Waals surface area (Å²) in [5.41, 5.74) is -0.754. The van der Waals surface area contributed by atoms with Crippen molar-refractivity contribution in [1.29, 1.82) is 0 Å². The fourth-order valence-electron chi connectivity index (χ4n) is 2.30. The Hall–Kier alpha value is -2.35. The Morgan fingerprint density at radius 1 is 1.04 bits per heavy atom. The summed E-state index contributed by atoms with van der Waals surface area (Å²) in [4.78, 5) is 25.9. The number of rotatable bonds is 2. The first-order chi connectivity index (χ1) is 12.3. The predicted octanol–water partition coefficient (Wildman–Crippen LogP) is 4.10. The monoisotopic (exact) mass is 412 g/mol. The Labute approximate surface area is 162 Å². The third kappa shape index (κ3) is 3.33. The first-order valence-electron chi connectivity index (χ1n) is 7.10. The summed E-state index contributed by atoms with van der Waals surface area (Å²) in [6.45, 7) is 0. The maximum Gasteiger partial charge on any atom is 0.270 e. The van der Waals surface area contributed by atoms with Crippen molar-refractivity contribution in [2.24, 2.45) is 0 Å². The van der Waals surface area contributed by atoms with Gasteiger partial charge in [-0.05, 0) is 54.7 Å². The summed E-state index contributed by atoms with van der Waals surface area (Å²) in [7, 11) is 0. The van der Waals surface area contributed by atoms with Gasteiger partial charge in [-0.15, -0.1) is 0 Å². The van der Waals surface area contributed by atoms with Gasteiger partial charge in [0.05, 0.1) is 10.7 Å². The average Bonchev–Trinajstić information content (AvgIpc) is 2.59. The van der Waals surface area contributed by atoms with E-state index >= 15 is 0 Å². The first kappa shape index (κ1) is 18.4. The van der Waals surface area contributed by atoms with Crippen LogP contribution in [0.4, 0.5) is 14.5 Å². The molecule has 3 rings (SSSR count). The quantitative estimate of drug-likeness (QED) is 0.349. The Balaban J connectivity index is 2.09. The maximum absolute atomic E-state index is 14.1. The molecule has 0 unspecified atom stereocenters. The number of hydrogen-bond acceptors (Lipinski definition) is 3. The lowest BCUT2D eigenvalue weighted by molar-refractivity contribution is -0.122. The van der Waals surface area contributed by atoms with Crippen LogP contribution in [0.15, 0.2) is 42.0 Å². The van der Waals surface area contributed by atoms with Crippen molar-refractivity contribution in [2.75, 3.05) is 4.90 Å². The number of carbonyl (C=O) groups is 2. The lowest BCUT2D eigenvalue weighted by Crippen LogP contribution is -2.54. The molecule has 0 spiro atoms. The third-order valence-corrected chi connectivity index (χ3v) is 4.38. The van der Waals surface area contributed by atoms with Crippen LogP contribution in [0.3, 0.4) is 0 Å². The second kappa shape index (κ2) is 7.11. The SMILES string of the molecule is O=C1NC(=S)N(c2ccc(Cl)cc2)C(=O)/C1=C/c1c(F)ccc(Cl)c1F. The largest absolute Gasteiger partial charge is 0.298 e. The van der Waals surface area contributed by atoms with Gasteiger partial charge in [-0.1, -0.05) is 23.2 Å². The smallest absolute Gasteiger partial charge is 0.270 e. The van der Waals surface area contributed by atoms with Crippen LogP contribution in [0.2, 0.25) is 10.0 Å². The van der Waals surface area contributed by atoms with E-state index in [-0.39, 0.29) is 10.1 Å². The van der Waals surface area contributed by atoms with Crippen LogP contribution in [0.5, 0.6) is 0 Å². The highest BCUT2D eigenvalue weighted by Gasteiger charge is 2.35. The Morgan fingerprint density at radius 3 is 2.35 bits per heavy atom. The summed E-state index contributed by atoms with van der Waals surface area (Å²) in [5, 5.41) is 2.25. The Kier molecular flexibility index (Phi) is 5.04. The number of thiocarbonyl (C=S) groups is 1. The average molecular weight is 413 g/mol. The first-order valence-corrected chi connectivity index (χ1v) is 8.26. The summed E-state index contributed by atoms with van der Waals surface area (Å²) >= 11 is 16.5. The minimum Gasteiger partial charge on any atom is -0.298 e. The standard InChI is InChI=1S/C17H8Cl2F2N2O2S/c18-8-1-3-9(4-2-8)23-16(25)11(15(24)22-17(23)26)7-10-13(20)6-5-12(19)14(10)21/h1-7H,(H,22,24,26)/b11-7+. The van der Waals surface area contributed by atoms with Crippen molar-refractivity contribution < 1.29 is 18.4 Å². The summed E-state index contributed by atoms with van der Waals surface area (Å²) in [6, 6.07) is 8.06. The van der Waals surface area contributed by atoms with E-state index in [9.17, 15) is 18.4 Å². The van der Waals surface area contributed by atoms with Gasteiger partial charge < -0.3 is 0 Å². The van der Waals surface area contributed by atoms with Gasteiger partial charge in [-0.2, -0.15) is 0 Å². The molecule has 1 fully saturated rings. The van der Waals surface area contributed by atoms with Gasteiger partial charge in [0.15, 0.2) is 10.9 Å². The van der Waals surface area contributed by atoms with E-state index < -0.39 is 34.6 Å². The fraction of sp³-hybridized carbons (Fsp3) is 0. The van der Waals surface area contributed by atoms with Crippen LogP contribution in [0.25, 0.3) is 6.08 Å². The molecule has 1 N–H and O–H groups in total. The van der Waals surface area contributed by atoms with Gasteiger partial charge in [0, 0.05) is 10.6 Å². The molecule has 2 aromatic rings. The molecule has 132 valence electrons. The Bertz CT molecular complexity index is 977. The van der Waals surface area contributed by atoms with Crippen molar-refractivity contribution in [2.45, 2.75) is 0 Å². The second-order valence-corrected chi connectivity index (χ2v) is 6.42. The van der Waals surface area contributed by atoms with Gasteiger partial charge in [0.25, 0.3) is 11.8 Å². The summed E-state index contributed by atoms with van der Waals surface area (Å²) < 4.78 is 28.0. The molecule has 9 heteroatoms. The molecule has 1 heterocycles. The van der Waals surface area contributed by atoms with Crippen molar-refractivity contribution in [3.63, 3.8) is 0 Å². The number of carbonyl (C=O) groups excluding carboxylic acids is 2. The number of halogens is 4. The minimum atomic E-state index is -1.08. The molecule has 2 amide bonds. The number of hydrogen-bond donors (Lipinski definition) is 1. The normalized spacial score (nSPS) is 16.2. The topological polar surface area (TPSA) is 49.4 Å². The zero-order valence-corrected chi connectivity index (χ0v) is 15.1. The minimum absolute atomic E-state index is 0.161. The molecule has 1 aliphatic heterocycles. The number of anilines is 1. The molecule has 0 saturated carbocycles. The van der Waals surface area contributed by atoms with Crippen LogP contribution in [0.1, 0.15) is 5.56 Å². The van der Waals surface area contributed by atoms with Crippen LogP contribution in [-0.2, 0) is 9.59 Å². The number of nitrogens with one attached hydrogen (secondary N) is 1. The van der Waals surface area contributed by atoms with Crippen molar-refractivity contribution >= 4 is 64.1 Å². The molecule has 4 nitrogen and oxygen atoms in total. The lowest BCUT2D eigenvalue weighted by atomic mass is 10.1. The zero-order valence-electron chi connectivity index (χ0n) is 12.7. The molecule has 0 aromatic heterocycles. The molecule has 1 aliphatic rings. The zero-order chi connectivity index (χ0) is 19.0. The van der Waals surface area contributed by atoms with E-state index in [2.05, 4.69) is 5.32 Å². The van der Waals surface area contributed by atoms with E-state index in [4.69, 9.17) is 35.4 Å². The van der Waals surface area contributed by atoms with E-state index in [0.717, 1.165) is 23.1 Å². The summed E-state index contributed by atoms with van der Waals surface area (Å²) in [5.74, 6) is -3.75. The van der Waals surface area contributed by atoms with E-state index in [1.807, 2.05) is 0 Å². The molecule has 0 atom stereocenters. The van der Waals surface area contributed by atoms with Gasteiger partial charge in [0.2, 0.25) is 0 Å². The molecule has 0 aliphatic carbocycles. The number of nitrogens with zero attached hydrogens (tertiary/aromatic N) is 1. The van der Waals surface area contributed by atoms with Crippen molar-refractivity contribution in [1.82, 2.24) is 5.32 Å². The highest BCUT2D eigenvalue weighted by Crippen LogP contribution is 2.27. The predicted molar refractivity (Wildman–Crippen MR) is 99.0 cm³/mol. The highest BCUT2D eigenvalue weighted by atomic mass is 35.5. The lowest BCUT2D eigenvalue weighted by Gasteiger charge is -2.29. The molecule has 0 bridgehead atoms. The maximum atomic E-state index is 14.1. The van der Waals surface area contributed by atoms with Crippen LogP contribution in [0, 0.1) is 11.6 Å². The van der Waals surface area contributed by atoms with Crippen LogP contribution in [-0.4, -0.2) is 16.9 Å². The fourth-order valence-corrected chi connectivity index (χ4v) is 2.87. The van der Waals surface area contributed by atoms with E-state index in [1.54, 1.807) is 0 Å². The second-order valence-electron chi connectivity index (χ2n) is 5.19. The molecular formula is C17H8Cl2F2N2O2S. The number of benzene rings is 2. The highest BCUT2D eigenvalue weighted by molar-refractivity contribution is 7.80. The van der Waals surface area contributed by atoms with Gasteiger partial charge in [-0.25, -0.2) is 8.78 Å². The number of amides is 2. The molecule has 1 saturated heterocycles. The Morgan fingerprint density at radius 2 is 1.69 bits per heavy atom. The van der Waals surface area contributed by atoms with Gasteiger partial charge >= 0.3 is 0 Å². The van der Waals surface area contributed by atoms with E-state index in [1.165, 1.54) is 24.3 Å². The summed E-state index contributed by atoms with van der Waals surface area (Å²) in [6.07, 6.45) is 0.804. The molecule has 26 heavy (non-hydrogen) atoms. The van der Waals surface area contributed by atoms with Crippen LogP contribution >= 0.6 is 35.4 Å². The van der Waals surface area contributed by atoms with Crippen LogP contribution < -0.4 is 10.2 Å². The van der Waals surface area contributed by atoms with Gasteiger partial charge in [0.1, 0.15) is 11.4 Å². The van der Waals surface area contributed by atoms with Crippen molar-refractivity contribution in [3.05, 3.63) is 69.2 Å². The van der Waals surface area contributed by atoms with E-state index in [0.29, 0.717) is 10.7 Å². The molecular weight excluding hydrogens is 405 g/mol.